The van der Waals surface area contributed by atoms with Crippen molar-refractivity contribution in [3.63, 3.8) is 0 Å². The van der Waals surface area contributed by atoms with Crippen LogP contribution in [0.15, 0.2) is 0 Å². The zero-order chi connectivity index (χ0) is 22.1. The molecule has 0 spiro atoms. The summed E-state index contributed by atoms with van der Waals surface area (Å²) in [5.74, 6) is -0.585. The molecule has 0 bridgehead atoms. The number of morpholine rings is 1. The van der Waals surface area contributed by atoms with E-state index in [1.54, 1.807) is 0 Å². The molecule has 6 fully saturated rings. The van der Waals surface area contributed by atoms with Gasteiger partial charge in [-0.3, -0.25) is 30.8 Å². The number of nitrogens with one attached hydrogen (secondary N) is 4. The third-order valence-electron chi connectivity index (χ3n) is 8.65. The highest BCUT2D eigenvalue weighted by Gasteiger charge is 2.70. The van der Waals surface area contributed by atoms with E-state index in [1.165, 1.54) is 32.1 Å². The van der Waals surface area contributed by atoms with Gasteiger partial charge in [-0.25, -0.2) is 5.01 Å². The van der Waals surface area contributed by atoms with E-state index in [4.69, 9.17) is 10.1 Å². The minimum Gasteiger partial charge on any atom is -0.341 e. The normalized spacial score (nSPS) is 41.3. The fourth-order valence-electron chi connectivity index (χ4n) is 7.16. The zero-order valence-corrected chi connectivity index (χ0v) is 20.2. The van der Waals surface area contributed by atoms with Crippen LogP contribution in [0.4, 0.5) is 0 Å². The summed E-state index contributed by atoms with van der Waals surface area (Å²) in [5, 5.41) is 19.6. The highest BCUT2D eigenvalue weighted by atomic mass is 16.5. The smallest absolute Gasteiger partial charge is 0.218 e. The first-order chi connectivity index (χ1) is 16.3. The van der Waals surface area contributed by atoms with Gasteiger partial charge in [0.1, 0.15) is 6.17 Å². The molecule has 4 N–H and O–H groups in total. The molecule has 0 amide bonds. The van der Waals surface area contributed by atoms with Crippen molar-refractivity contribution >= 4 is 0 Å². The van der Waals surface area contributed by atoms with Crippen molar-refractivity contribution in [2.75, 3.05) is 85.1 Å². The molecule has 1 radical (unpaired) electrons. The Morgan fingerprint density at radius 3 is 2.09 bits per heavy atom. The van der Waals surface area contributed by atoms with Gasteiger partial charge in [0.2, 0.25) is 5.85 Å². The van der Waals surface area contributed by atoms with E-state index >= 15 is 0 Å². The Kier molecular flexibility index (Phi) is 6.93. The number of piperazine rings is 1. The van der Waals surface area contributed by atoms with Gasteiger partial charge in [0.05, 0.1) is 12.8 Å². The third-order valence-corrected chi connectivity index (χ3v) is 8.65. The van der Waals surface area contributed by atoms with Crippen LogP contribution in [0.25, 0.3) is 0 Å². The summed E-state index contributed by atoms with van der Waals surface area (Å²) >= 11 is 0. The average Bonchev–Trinajstić information content (AvgIpc) is 3.68. The Balaban J connectivity index is 1.47. The summed E-state index contributed by atoms with van der Waals surface area (Å²) in [6.45, 7) is 13.1. The molecule has 0 aromatic heterocycles. The van der Waals surface area contributed by atoms with Crippen molar-refractivity contribution in [3.8, 4) is 0 Å². The molecule has 3 unspecified atom stereocenters. The van der Waals surface area contributed by atoms with Crippen molar-refractivity contribution < 1.29 is 4.74 Å². The van der Waals surface area contributed by atoms with Gasteiger partial charge in [0.25, 0.3) is 0 Å². The van der Waals surface area contributed by atoms with Gasteiger partial charge in [-0.15, -0.1) is 0 Å². The molecule has 33 heavy (non-hydrogen) atoms. The first kappa shape index (κ1) is 23.0. The number of hydrogen-bond acceptors (Lipinski definition) is 9. The molecule has 10 nitrogen and oxygen atoms in total. The van der Waals surface area contributed by atoms with Crippen molar-refractivity contribution in [2.45, 2.75) is 62.4 Å². The van der Waals surface area contributed by atoms with Crippen LogP contribution in [-0.4, -0.2) is 129 Å². The van der Waals surface area contributed by atoms with Crippen LogP contribution in [0, 0.1) is 0 Å². The number of rotatable bonds is 5. The van der Waals surface area contributed by atoms with E-state index in [0.29, 0.717) is 6.61 Å². The van der Waals surface area contributed by atoms with Crippen molar-refractivity contribution in [3.05, 3.63) is 0 Å². The second kappa shape index (κ2) is 9.93. The van der Waals surface area contributed by atoms with E-state index in [1.807, 2.05) is 0 Å². The predicted octanol–water partition coefficient (Wildman–Crippen LogP) is -1.49. The van der Waals surface area contributed by atoms with Crippen LogP contribution in [0.2, 0.25) is 0 Å². The molecule has 6 saturated heterocycles. The summed E-state index contributed by atoms with van der Waals surface area (Å²) in [6.07, 6.45) is 7.65. The van der Waals surface area contributed by atoms with Gasteiger partial charge in [-0.2, -0.15) is 5.32 Å². The van der Waals surface area contributed by atoms with E-state index in [0.717, 1.165) is 85.0 Å². The van der Waals surface area contributed by atoms with E-state index in [9.17, 15) is 0 Å². The molecule has 0 saturated carbocycles. The Morgan fingerprint density at radius 2 is 1.39 bits per heavy atom. The number of ether oxygens (including phenoxy) is 1. The molecule has 6 heterocycles. The van der Waals surface area contributed by atoms with Gasteiger partial charge in [0, 0.05) is 65.4 Å². The molecule has 187 valence electrons. The number of nitrogens with zero attached hydrogens (tertiary/aromatic N) is 5. The number of hydrogen-bond donors (Lipinski definition) is 4. The molecule has 6 aliphatic rings. The molecule has 0 aliphatic carbocycles. The number of hydrazine groups is 1. The highest BCUT2D eigenvalue weighted by Crippen LogP contribution is 2.45. The Bertz CT molecular complexity index is 602. The lowest BCUT2D eigenvalue weighted by Gasteiger charge is -2.66. The Labute approximate surface area is 199 Å². The van der Waals surface area contributed by atoms with Crippen molar-refractivity contribution in [2.24, 2.45) is 0 Å². The fourth-order valence-corrected chi connectivity index (χ4v) is 7.16. The van der Waals surface area contributed by atoms with Gasteiger partial charge < -0.3 is 10.1 Å². The summed E-state index contributed by atoms with van der Waals surface area (Å²) in [4.78, 5) is 7.88. The maximum Gasteiger partial charge on any atom is 0.218 e. The minimum absolute atomic E-state index is 0.0466. The predicted molar refractivity (Wildman–Crippen MR) is 127 cm³/mol. The summed E-state index contributed by atoms with van der Waals surface area (Å²) in [6, 6.07) is 0. The molecule has 6 rings (SSSR count). The molecular formula is C23H44N9O. The largest absolute Gasteiger partial charge is 0.341 e. The number of piperidine rings is 1. The van der Waals surface area contributed by atoms with Gasteiger partial charge in [-0.1, -0.05) is 6.42 Å². The van der Waals surface area contributed by atoms with E-state index in [2.05, 4.69) is 41.1 Å². The second-order valence-corrected chi connectivity index (χ2v) is 10.5. The Morgan fingerprint density at radius 1 is 0.697 bits per heavy atom. The second-order valence-electron chi connectivity index (χ2n) is 10.5. The highest BCUT2D eigenvalue weighted by molar-refractivity contribution is 5.15. The lowest BCUT2D eigenvalue weighted by molar-refractivity contribution is -0.365. The lowest BCUT2D eigenvalue weighted by atomic mass is 9.89. The van der Waals surface area contributed by atoms with Crippen LogP contribution in [0.5, 0.6) is 0 Å². The molecule has 3 atom stereocenters. The summed E-state index contributed by atoms with van der Waals surface area (Å²) in [5.41, 5.74) is 3.21. The molecule has 10 heteroatoms. The Hall–Kier alpha value is -0.400. The first-order valence-corrected chi connectivity index (χ1v) is 13.6. The van der Waals surface area contributed by atoms with Gasteiger partial charge >= 0.3 is 0 Å². The van der Waals surface area contributed by atoms with Crippen LogP contribution in [-0.2, 0) is 4.74 Å². The van der Waals surface area contributed by atoms with Gasteiger partial charge in [0.15, 0.2) is 5.66 Å². The number of likely N-dealkylation sites (tertiary alicyclic amines) is 2. The maximum atomic E-state index is 7.34. The van der Waals surface area contributed by atoms with E-state index < -0.39 is 11.5 Å². The quantitative estimate of drug-likeness (QED) is 0.391. The van der Waals surface area contributed by atoms with Gasteiger partial charge in [-0.05, 0) is 45.2 Å². The van der Waals surface area contributed by atoms with E-state index in [-0.39, 0.29) is 12.3 Å². The van der Waals surface area contributed by atoms with Crippen molar-refractivity contribution in [1.29, 1.82) is 0 Å². The molecule has 0 aromatic carbocycles. The fraction of sp³-hybridized carbons (Fsp3) is 1.00. The SMILES string of the molecule is C1CCN(C2(N3CCNCC3)OCC(N3CCCC3)[N]C2(C2NCCN2)N2CCCN2)CC1. The minimum atomic E-state index is -0.585. The van der Waals surface area contributed by atoms with Crippen LogP contribution in [0.3, 0.4) is 0 Å². The summed E-state index contributed by atoms with van der Waals surface area (Å²) in [7, 11) is 0. The van der Waals surface area contributed by atoms with Crippen LogP contribution >= 0.6 is 0 Å². The maximum absolute atomic E-state index is 7.34. The topological polar surface area (TPSA) is 84.4 Å². The van der Waals surface area contributed by atoms with Crippen LogP contribution < -0.4 is 26.7 Å². The third kappa shape index (κ3) is 3.87. The van der Waals surface area contributed by atoms with Crippen molar-refractivity contribution in [1.82, 2.24) is 46.4 Å². The average molecular weight is 463 g/mol. The van der Waals surface area contributed by atoms with Crippen LogP contribution in [0.1, 0.15) is 38.5 Å². The summed E-state index contributed by atoms with van der Waals surface area (Å²) < 4.78 is 7.34. The first-order valence-electron chi connectivity index (χ1n) is 13.6. The zero-order valence-electron chi connectivity index (χ0n) is 20.2. The molecular weight excluding hydrogens is 418 g/mol. The standard InChI is InChI=1S/C23H44N9O/c1-2-14-30(15-3-1)23(31-17-10-24-11-18-31)22(21-25-8-9-26-21,32-16-6-7-27-32)28-20(19-33-23)29-12-4-5-13-29/h20-21,24-27H,1-19H2. The molecule has 0 aromatic rings. The molecule has 6 aliphatic heterocycles. The lowest BCUT2D eigenvalue weighted by Crippen LogP contribution is -2.92. The monoisotopic (exact) mass is 462 g/mol.